The average molecular weight is 1290 g/mol. The van der Waals surface area contributed by atoms with Gasteiger partial charge in [0.25, 0.3) is 0 Å². The molecule has 0 aliphatic heterocycles. The van der Waals surface area contributed by atoms with Gasteiger partial charge in [0.2, 0.25) is 0 Å². The first kappa shape index (κ1) is 89.1. The highest BCUT2D eigenvalue weighted by Gasteiger charge is 2.15. The summed E-state index contributed by atoms with van der Waals surface area (Å²) >= 11 is 0. The van der Waals surface area contributed by atoms with Crippen molar-refractivity contribution in [3.63, 3.8) is 0 Å². The van der Waals surface area contributed by atoms with Crippen LogP contribution in [0, 0.1) is 6.92 Å². The Hall–Kier alpha value is -0.920. The van der Waals surface area contributed by atoms with Crippen LogP contribution in [0.25, 0.3) is 0 Å². The van der Waals surface area contributed by atoms with Crippen molar-refractivity contribution in [1.82, 2.24) is 9.97 Å². The Morgan fingerprint density at radius 2 is 0.283 bits per heavy atom. The van der Waals surface area contributed by atoms with E-state index >= 15 is 0 Å². The Bertz CT molecular complexity index is 1400. The zero-order valence-corrected chi connectivity index (χ0v) is 64.6. The molecule has 1 heterocycles. The van der Waals surface area contributed by atoms with Crippen LogP contribution in [0.15, 0.2) is 0 Å². The van der Waals surface area contributed by atoms with E-state index in [1.165, 1.54) is 519 Å². The highest BCUT2D eigenvalue weighted by molar-refractivity contribution is 5.27. The number of rotatable bonds is 82. The summed E-state index contributed by atoms with van der Waals surface area (Å²) in [5, 5.41) is 0. The second-order valence-electron chi connectivity index (χ2n) is 31.0. The van der Waals surface area contributed by atoms with Crippen molar-refractivity contribution in [2.45, 2.75) is 547 Å². The molecule has 2 nitrogen and oxygen atoms in total. The predicted octanol–water partition coefficient (Wildman–Crippen LogP) is 33.0. The van der Waals surface area contributed by atoms with Crippen LogP contribution in [0.2, 0.25) is 0 Å². The second kappa shape index (κ2) is 79.1. The SMILES string of the molecule is [CH2]Cc1nc(CCCCCCCCCCCCCCCCCCCCCCCCCCCC)c(CCCCCCCCCCCCCCCCCCCCCCCCCCCC)c(CCCCCCCCCCCCCCCCCCCCCCCCCCCC)n1. The van der Waals surface area contributed by atoms with Crippen molar-refractivity contribution in [3.05, 3.63) is 29.7 Å². The molecule has 0 aromatic carbocycles. The predicted molar refractivity (Wildman–Crippen MR) is 419 cm³/mol. The zero-order chi connectivity index (χ0) is 65.7. The smallest absolute Gasteiger partial charge is 0.128 e. The number of hydrogen-bond acceptors (Lipinski definition) is 2. The number of nitrogens with zero attached hydrogens (tertiary/aromatic N) is 2. The van der Waals surface area contributed by atoms with Crippen molar-refractivity contribution in [3.8, 4) is 0 Å². The van der Waals surface area contributed by atoms with E-state index < -0.39 is 0 Å². The Kier molecular flexibility index (Phi) is 76.6. The molecule has 0 aliphatic rings. The molecular weight excluding hydrogens is 1110 g/mol. The van der Waals surface area contributed by atoms with E-state index in [0.29, 0.717) is 0 Å². The number of aryl methyl sites for hydroxylation is 2. The van der Waals surface area contributed by atoms with E-state index in [2.05, 4.69) is 27.7 Å². The monoisotopic (exact) mass is 1280 g/mol. The van der Waals surface area contributed by atoms with Gasteiger partial charge in [-0.3, -0.25) is 0 Å². The minimum absolute atomic E-state index is 0.721. The quantitative estimate of drug-likeness (QED) is 0.0608. The maximum absolute atomic E-state index is 5.27. The van der Waals surface area contributed by atoms with Gasteiger partial charge in [-0.1, -0.05) is 502 Å². The topological polar surface area (TPSA) is 25.8 Å². The molecule has 1 aromatic rings. The molecule has 2 heteroatoms. The van der Waals surface area contributed by atoms with Crippen LogP contribution in [0.4, 0.5) is 0 Å². The minimum atomic E-state index is 0.721. The van der Waals surface area contributed by atoms with E-state index in [4.69, 9.17) is 9.97 Å². The van der Waals surface area contributed by atoms with Gasteiger partial charge in [-0.05, 0) is 51.0 Å². The van der Waals surface area contributed by atoms with Gasteiger partial charge in [0, 0.05) is 17.8 Å². The molecular formula is C90H175N2. The summed E-state index contributed by atoms with van der Waals surface area (Å²) in [4.78, 5) is 10.5. The first-order valence-electron chi connectivity index (χ1n) is 44.4. The van der Waals surface area contributed by atoms with Crippen LogP contribution in [0.1, 0.15) is 544 Å². The summed E-state index contributed by atoms with van der Waals surface area (Å²) in [6.45, 7) is 11.3. The molecule has 1 aromatic heterocycles. The molecule has 0 amide bonds. The molecule has 0 spiro atoms. The highest BCUT2D eigenvalue weighted by Crippen LogP contribution is 2.25. The molecule has 0 saturated heterocycles. The normalized spacial score (nSPS) is 11.8. The first-order valence-corrected chi connectivity index (χ1v) is 44.4. The third kappa shape index (κ3) is 67.6. The van der Waals surface area contributed by atoms with Crippen molar-refractivity contribution in [2.24, 2.45) is 0 Å². The Morgan fingerprint density at radius 3 is 0.413 bits per heavy atom. The number of hydrogen-bond donors (Lipinski definition) is 0. The third-order valence-corrected chi connectivity index (χ3v) is 21.8. The van der Waals surface area contributed by atoms with E-state index in [-0.39, 0.29) is 0 Å². The second-order valence-corrected chi connectivity index (χ2v) is 31.0. The highest BCUT2D eigenvalue weighted by atomic mass is 14.9. The molecule has 0 atom stereocenters. The maximum atomic E-state index is 5.27. The van der Waals surface area contributed by atoms with Gasteiger partial charge in [-0.2, -0.15) is 0 Å². The fourth-order valence-electron chi connectivity index (χ4n) is 15.3. The standard InChI is InChI=1S/C90H175N2/c1-5-9-12-15-18-21-24-27-30-33-36-39-42-45-48-51-54-57-60-63-66-69-72-75-78-81-84-87-88(85-82-79-76-73-70-67-64-61-58-55-52-49-46-43-40-37-34-31-28-25-22-19-16-13-10-6-2)91-90(8-4)92-89(87)86-83-80-77-74-71-68-65-62-59-56-53-50-47-44-41-38-35-32-29-26-23-20-17-14-11-7-3/h4-86H2,1-3H3. The van der Waals surface area contributed by atoms with E-state index in [0.717, 1.165) is 25.1 Å². The van der Waals surface area contributed by atoms with Crippen LogP contribution in [-0.2, 0) is 25.7 Å². The van der Waals surface area contributed by atoms with Gasteiger partial charge in [-0.25, -0.2) is 9.97 Å². The van der Waals surface area contributed by atoms with E-state index in [1.54, 1.807) is 5.56 Å². The molecule has 545 valence electrons. The van der Waals surface area contributed by atoms with Crippen LogP contribution >= 0.6 is 0 Å². The Balaban J connectivity index is 2.30. The molecule has 0 saturated carbocycles. The maximum Gasteiger partial charge on any atom is 0.128 e. The van der Waals surface area contributed by atoms with Gasteiger partial charge in [-0.15, -0.1) is 0 Å². The van der Waals surface area contributed by atoms with Crippen LogP contribution < -0.4 is 0 Å². The van der Waals surface area contributed by atoms with Gasteiger partial charge in [0.05, 0.1) is 0 Å². The molecule has 0 bridgehead atoms. The number of aromatic nitrogens is 2. The summed E-state index contributed by atoms with van der Waals surface area (Å²) in [5.74, 6) is 1.01. The van der Waals surface area contributed by atoms with Gasteiger partial charge in [0.1, 0.15) is 5.82 Å². The van der Waals surface area contributed by atoms with Crippen molar-refractivity contribution < 1.29 is 0 Å². The Labute approximate surface area is 583 Å². The summed E-state index contributed by atoms with van der Waals surface area (Å²) in [7, 11) is 0. The summed E-state index contributed by atoms with van der Waals surface area (Å²) in [6, 6.07) is 0. The number of unbranched alkanes of at least 4 members (excludes halogenated alkanes) is 75. The van der Waals surface area contributed by atoms with E-state index in [1.807, 2.05) is 0 Å². The van der Waals surface area contributed by atoms with E-state index in [9.17, 15) is 0 Å². The molecule has 1 radical (unpaired) electrons. The summed E-state index contributed by atoms with van der Waals surface area (Å²) in [5.41, 5.74) is 4.38. The van der Waals surface area contributed by atoms with Crippen molar-refractivity contribution in [1.29, 1.82) is 0 Å². The van der Waals surface area contributed by atoms with Gasteiger partial charge < -0.3 is 0 Å². The summed E-state index contributed by atoms with van der Waals surface area (Å²) < 4.78 is 0. The third-order valence-electron chi connectivity index (χ3n) is 21.8. The first-order chi connectivity index (χ1) is 45.8. The molecule has 0 unspecified atom stereocenters. The summed E-state index contributed by atoms with van der Waals surface area (Å²) in [6.07, 6.45) is 117. The van der Waals surface area contributed by atoms with Gasteiger partial charge >= 0.3 is 0 Å². The molecule has 0 fully saturated rings. The van der Waals surface area contributed by atoms with Crippen LogP contribution in [0.5, 0.6) is 0 Å². The fraction of sp³-hybridized carbons (Fsp3) is 0.944. The van der Waals surface area contributed by atoms with Gasteiger partial charge in [0.15, 0.2) is 0 Å². The lowest BCUT2D eigenvalue weighted by atomic mass is 9.96. The average Bonchev–Trinajstić information content (AvgIpc) is 1.14. The molecule has 92 heavy (non-hydrogen) atoms. The fourth-order valence-corrected chi connectivity index (χ4v) is 15.3. The molecule has 1 rings (SSSR count). The lowest BCUT2D eigenvalue weighted by molar-refractivity contribution is 0.514. The van der Waals surface area contributed by atoms with Crippen molar-refractivity contribution in [2.75, 3.05) is 0 Å². The largest absolute Gasteiger partial charge is 0.238 e. The van der Waals surface area contributed by atoms with Crippen LogP contribution in [0.3, 0.4) is 0 Å². The lowest BCUT2D eigenvalue weighted by Gasteiger charge is -2.16. The van der Waals surface area contributed by atoms with Crippen LogP contribution in [-0.4, -0.2) is 9.97 Å². The molecule has 0 aliphatic carbocycles. The van der Waals surface area contributed by atoms with Crippen molar-refractivity contribution >= 4 is 0 Å². The zero-order valence-electron chi connectivity index (χ0n) is 64.6. The lowest BCUT2D eigenvalue weighted by Crippen LogP contribution is -2.11. The minimum Gasteiger partial charge on any atom is -0.238 e. The molecule has 0 N–H and O–H groups in total. The Morgan fingerprint density at radius 1 is 0.163 bits per heavy atom.